The zero-order valence-electron chi connectivity index (χ0n) is 6.66. The smallest absolute Gasteiger partial charge is 0.104 e. The van der Waals surface area contributed by atoms with Crippen LogP contribution in [0.3, 0.4) is 0 Å². The zero-order valence-corrected chi connectivity index (χ0v) is 8.82. The van der Waals surface area contributed by atoms with E-state index < -0.39 is 0 Å². The third-order valence-corrected chi connectivity index (χ3v) is 2.58. The van der Waals surface area contributed by atoms with Gasteiger partial charge in [-0.15, -0.1) is 0 Å². The Morgan fingerprint density at radius 3 is 3.15 bits per heavy atom. The van der Waals surface area contributed by atoms with Gasteiger partial charge in [-0.25, -0.2) is 0 Å². The zero-order chi connectivity index (χ0) is 9.26. The van der Waals surface area contributed by atoms with Crippen molar-refractivity contribution in [1.29, 1.82) is 0 Å². The maximum absolute atomic E-state index is 5.05. The van der Waals surface area contributed by atoms with Gasteiger partial charge in [-0.3, -0.25) is 5.10 Å². The molecule has 0 aliphatic carbocycles. The van der Waals surface area contributed by atoms with Crippen molar-refractivity contribution in [2.45, 2.75) is 0 Å². The van der Waals surface area contributed by atoms with E-state index in [9.17, 15) is 0 Å². The Morgan fingerprint density at radius 2 is 2.38 bits per heavy atom. The molecule has 0 bridgehead atoms. The number of rotatable bonds is 1. The standard InChI is InChI=1S/C8H7IN4/c9-8-6-2-1-5(4-11-10)3-7(6)12-13-8/h1-4H,10H2,(H,12,13). The molecule has 0 aliphatic heterocycles. The SMILES string of the molecule is NN=Cc1ccc2c(I)[nH]nc2c1. The quantitative estimate of drug-likeness (QED) is 0.361. The van der Waals surface area contributed by atoms with E-state index in [1.54, 1.807) is 6.21 Å². The highest BCUT2D eigenvalue weighted by atomic mass is 127. The van der Waals surface area contributed by atoms with E-state index in [0.717, 1.165) is 20.2 Å². The van der Waals surface area contributed by atoms with Crippen LogP contribution in [0.4, 0.5) is 0 Å². The van der Waals surface area contributed by atoms with Crippen LogP contribution in [0.25, 0.3) is 10.9 Å². The molecule has 2 rings (SSSR count). The molecule has 1 aromatic carbocycles. The van der Waals surface area contributed by atoms with Gasteiger partial charge in [0.2, 0.25) is 0 Å². The first-order valence-corrected chi connectivity index (χ1v) is 4.76. The summed E-state index contributed by atoms with van der Waals surface area (Å²) >= 11 is 2.21. The van der Waals surface area contributed by atoms with E-state index >= 15 is 0 Å². The molecule has 1 aromatic heterocycles. The largest absolute Gasteiger partial charge is 0.323 e. The lowest BCUT2D eigenvalue weighted by molar-refractivity contribution is 1.09. The minimum atomic E-state index is 0.932. The second-order valence-electron chi connectivity index (χ2n) is 2.59. The Kier molecular flexibility index (Phi) is 2.17. The van der Waals surface area contributed by atoms with Crippen LogP contribution in [0.1, 0.15) is 5.56 Å². The maximum Gasteiger partial charge on any atom is 0.104 e. The van der Waals surface area contributed by atoms with E-state index in [1.165, 1.54) is 0 Å². The van der Waals surface area contributed by atoms with E-state index in [4.69, 9.17) is 5.84 Å². The van der Waals surface area contributed by atoms with Crippen molar-refractivity contribution < 1.29 is 0 Å². The van der Waals surface area contributed by atoms with Crippen molar-refractivity contribution in [2.24, 2.45) is 10.9 Å². The van der Waals surface area contributed by atoms with Crippen LogP contribution < -0.4 is 5.84 Å². The molecule has 2 aromatic rings. The fraction of sp³-hybridized carbons (Fsp3) is 0. The van der Waals surface area contributed by atoms with Gasteiger partial charge in [0.25, 0.3) is 0 Å². The monoisotopic (exact) mass is 286 g/mol. The topological polar surface area (TPSA) is 67.1 Å². The number of fused-ring (bicyclic) bond motifs is 1. The van der Waals surface area contributed by atoms with Gasteiger partial charge in [-0.2, -0.15) is 10.2 Å². The van der Waals surface area contributed by atoms with Crippen molar-refractivity contribution in [3.8, 4) is 0 Å². The molecule has 0 saturated heterocycles. The molecule has 4 nitrogen and oxygen atoms in total. The molecule has 66 valence electrons. The van der Waals surface area contributed by atoms with Crippen LogP contribution in [-0.4, -0.2) is 16.4 Å². The fourth-order valence-electron chi connectivity index (χ4n) is 1.16. The Labute approximate surface area is 88.3 Å². The number of hydrogen-bond donors (Lipinski definition) is 2. The number of nitrogens with zero attached hydrogens (tertiary/aromatic N) is 2. The summed E-state index contributed by atoms with van der Waals surface area (Å²) in [6.45, 7) is 0. The van der Waals surface area contributed by atoms with E-state index in [1.807, 2.05) is 18.2 Å². The van der Waals surface area contributed by atoms with Crippen LogP contribution in [0, 0.1) is 3.70 Å². The van der Waals surface area contributed by atoms with Gasteiger partial charge >= 0.3 is 0 Å². The van der Waals surface area contributed by atoms with Crippen LogP contribution in [-0.2, 0) is 0 Å². The number of hydrazone groups is 1. The van der Waals surface area contributed by atoms with Gasteiger partial charge in [0.1, 0.15) is 3.70 Å². The summed E-state index contributed by atoms with van der Waals surface area (Å²) < 4.78 is 1.05. The molecule has 0 amide bonds. The summed E-state index contributed by atoms with van der Waals surface area (Å²) in [7, 11) is 0. The number of H-pyrrole nitrogens is 1. The first-order chi connectivity index (χ1) is 6.31. The van der Waals surface area contributed by atoms with Crippen molar-refractivity contribution in [3.05, 3.63) is 27.5 Å². The predicted molar refractivity (Wildman–Crippen MR) is 60.6 cm³/mol. The second kappa shape index (κ2) is 3.33. The summed E-state index contributed by atoms with van der Waals surface area (Å²) in [6.07, 6.45) is 1.60. The minimum Gasteiger partial charge on any atom is -0.323 e. The molecule has 5 heteroatoms. The lowest BCUT2D eigenvalue weighted by Gasteiger charge is -1.91. The van der Waals surface area contributed by atoms with E-state index in [0.29, 0.717) is 0 Å². The lowest BCUT2D eigenvalue weighted by Crippen LogP contribution is -1.85. The van der Waals surface area contributed by atoms with Crippen LogP contribution in [0.15, 0.2) is 23.3 Å². The number of nitrogens with two attached hydrogens (primary N) is 1. The highest BCUT2D eigenvalue weighted by Gasteiger charge is 2.01. The number of aromatic nitrogens is 2. The van der Waals surface area contributed by atoms with Gasteiger partial charge in [0.15, 0.2) is 0 Å². The highest BCUT2D eigenvalue weighted by Crippen LogP contribution is 2.17. The second-order valence-corrected chi connectivity index (χ2v) is 3.67. The first kappa shape index (κ1) is 8.49. The third-order valence-electron chi connectivity index (χ3n) is 1.76. The number of benzene rings is 1. The molecule has 0 spiro atoms. The Bertz CT molecular complexity index is 460. The number of nitrogens with one attached hydrogen (secondary N) is 1. The molecule has 1 heterocycles. The summed E-state index contributed by atoms with van der Waals surface area (Å²) in [6, 6.07) is 5.89. The molecule has 0 unspecified atom stereocenters. The van der Waals surface area contributed by atoms with Crippen molar-refractivity contribution >= 4 is 39.7 Å². The Morgan fingerprint density at radius 1 is 1.54 bits per heavy atom. The third kappa shape index (κ3) is 1.51. The fourth-order valence-corrected chi connectivity index (χ4v) is 1.74. The molecule has 0 atom stereocenters. The normalized spacial score (nSPS) is 11.5. The van der Waals surface area contributed by atoms with Crippen LogP contribution >= 0.6 is 22.6 Å². The van der Waals surface area contributed by atoms with E-state index in [2.05, 4.69) is 37.9 Å². The van der Waals surface area contributed by atoms with Crippen molar-refractivity contribution in [2.75, 3.05) is 0 Å². The molecular weight excluding hydrogens is 279 g/mol. The van der Waals surface area contributed by atoms with Crippen molar-refractivity contribution in [3.63, 3.8) is 0 Å². The highest BCUT2D eigenvalue weighted by molar-refractivity contribution is 14.1. The summed E-state index contributed by atoms with van der Waals surface area (Å²) in [5.41, 5.74) is 1.89. The van der Waals surface area contributed by atoms with Crippen LogP contribution in [0.5, 0.6) is 0 Å². The maximum atomic E-state index is 5.05. The van der Waals surface area contributed by atoms with Gasteiger partial charge in [-0.1, -0.05) is 6.07 Å². The Balaban J connectivity index is 2.63. The van der Waals surface area contributed by atoms with Gasteiger partial charge in [0.05, 0.1) is 11.7 Å². The molecule has 0 radical (unpaired) electrons. The summed E-state index contributed by atoms with van der Waals surface area (Å²) in [5, 5.41) is 11.6. The number of halogens is 1. The molecule has 0 aliphatic rings. The van der Waals surface area contributed by atoms with Crippen LogP contribution in [0.2, 0.25) is 0 Å². The summed E-state index contributed by atoms with van der Waals surface area (Å²) in [5.74, 6) is 5.05. The molecule has 0 saturated carbocycles. The molecule has 13 heavy (non-hydrogen) atoms. The molecule has 0 fully saturated rings. The average Bonchev–Trinajstić information content (AvgIpc) is 2.48. The lowest BCUT2D eigenvalue weighted by atomic mass is 10.2. The molecule has 3 N–H and O–H groups in total. The average molecular weight is 286 g/mol. The van der Waals surface area contributed by atoms with E-state index in [-0.39, 0.29) is 0 Å². The van der Waals surface area contributed by atoms with Crippen molar-refractivity contribution in [1.82, 2.24) is 10.2 Å². The summed E-state index contributed by atoms with van der Waals surface area (Å²) in [4.78, 5) is 0. The number of aromatic amines is 1. The van der Waals surface area contributed by atoms with Gasteiger partial charge in [0, 0.05) is 5.39 Å². The first-order valence-electron chi connectivity index (χ1n) is 3.68. The Hall–Kier alpha value is -1.11. The minimum absolute atomic E-state index is 0.932. The number of hydrogen-bond acceptors (Lipinski definition) is 3. The molecular formula is C8H7IN4. The predicted octanol–water partition coefficient (Wildman–Crippen LogP) is 1.46. The van der Waals surface area contributed by atoms with Gasteiger partial charge < -0.3 is 5.84 Å². The van der Waals surface area contributed by atoms with Gasteiger partial charge in [-0.05, 0) is 40.3 Å².